The third-order valence-electron chi connectivity index (χ3n) is 4.13. The summed E-state index contributed by atoms with van der Waals surface area (Å²) in [6.45, 7) is 0.790. The maximum Gasteiger partial charge on any atom is 0.240 e. The fourth-order valence-corrected chi connectivity index (χ4v) is 3.05. The number of rotatable bonds is 4. The van der Waals surface area contributed by atoms with Crippen LogP contribution in [0.3, 0.4) is 0 Å². The first-order chi connectivity index (χ1) is 10.3. The lowest BCUT2D eigenvalue weighted by atomic mass is 9.97. The number of carbonyl (C=O) groups excluding carboxylic acids is 1. The minimum absolute atomic E-state index is 0.00162. The SMILES string of the molecule is CNC1CCN(C(c2ccccc2)c2ccccc2)C1=O. The van der Waals surface area contributed by atoms with E-state index in [4.69, 9.17) is 0 Å². The summed E-state index contributed by atoms with van der Waals surface area (Å²) in [5.74, 6) is 0.190. The Morgan fingerprint density at radius 1 is 1.00 bits per heavy atom. The average Bonchev–Trinajstić information content (AvgIpc) is 2.91. The van der Waals surface area contributed by atoms with Crippen molar-refractivity contribution in [3.63, 3.8) is 0 Å². The van der Waals surface area contributed by atoms with Crippen LogP contribution < -0.4 is 5.32 Å². The third kappa shape index (κ3) is 2.69. The van der Waals surface area contributed by atoms with Gasteiger partial charge in [0.15, 0.2) is 0 Å². The molecule has 2 aromatic carbocycles. The van der Waals surface area contributed by atoms with Crippen LogP contribution in [0.4, 0.5) is 0 Å². The molecule has 0 spiro atoms. The lowest BCUT2D eigenvalue weighted by Crippen LogP contribution is -2.38. The number of hydrogen-bond donors (Lipinski definition) is 1. The number of likely N-dealkylation sites (tertiary alicyclic amines) is 1. The minimum atomic E-state index is -0.0556. The van der Waals surface area contributed by atoms with E-state index in [1.54, 1.807) is 0 Å². The highest BCUT2D eigenvalue weighted by molar-refractivity contribution is 5.84. The molecule has 3 nitrogen and oxygen atoms in total. The molecule has 0 bridgehead atoms. The molecule has 2 aromatic rings. The quantitative estimate of drug-likeness (QED) is 0.933. The number of carbonyl (C=O) groups is 1. The fraction of sp³-hybridized carbons (Fsp3) is 0.278. The standard InChI is InChI=1S/C18H20N2O/c1-19-16-12-13-20(18(16)21)17(14-8-4-2-5-9-14)15-10-6-3-7-11-15/h2-11,16-17,19H,12-13H2,1H3. The molecule has 0 radical (unpaired) electrons. The van der Waals surface area contributed by atoms with Crippen molar-refractivity contribution in [2.45, 2.75) is 18.5 Å². The van der Waals surface area contributed by atoms with Crippen LogP contribution >= 0.6 is 0 Å². The van der Waals surface area contributed by atoms with Gasteiger partial charge in [-0.25, -0.2) is 0 Å². The van der Waals surface area contributed by atoms with Gasteiger partial charge in [0.2, 0.25) is 5.91 Å². The van der Waals surface area contributed by atoms with Gasteiger partial charge in [0.05, 0.1) is 12.1 Å². The molecule has 1 aliphatic rings. The summed E-state index contributed by atoms with van der Waals surface area (Å²) in [7, 11) is 1.85. The van der Waals surface area contributed by atoms with E-state index in [0.29, 0.717) is 0 Å². The maximum absolute atomic E-state index is 12.6. The fourth-order valence-electron chi connectivity index (χ4n) is 3.05. The summed E-state index contributed by atoms with van der Waals surface area (Å²) in [6.07, 6.45) is 0.867. The second kappa shape index (κ2) is 6.10. The van der Waals surface area contributed by atoms with Crippen molar-refractivity contribution in [2.24, 2.45) is 0 Å². The molecule has 1 saturated heterocycles. The Labute approximate surface area is 125 Å². The van der Waals surface area contributed by atoms with Crippen LogP contribution in [0.1, 0.15) is 23.6 Å². The molecule has 1 N–H and O–H groups in total. The van der Waals surface area contributed by atoms with Crippen molar-refractivity contribution >= 4 is 5.91 Å². The Kier molecular flexibility index (Phi) is 4.02. The molecule has 21 heavy (non-hydrogen) atoms. The first-order valence-electron chi connectivity index (χ1n) is 7.39. The third-order valence-corrected chi connectivity index (χ3v) is 4.13. The molecule has 1 fully saturated rings. The Bertz CT molecular complexity index is 558. The molecule has 0 saturated carbocycles. The molecule has 108 valence electrons. The molecule has 1 amide bonds. The van der Waals surface area contributed by atoms with Gasteiger partial charge in [0, 0.05) is 6.54 Å². The van der Waals surface area contributed by atoms with E-state index in [-0.39, 0.29) is 18.0 Å². The number of nitrogens with one attached hydrogen (secondary N) is 1. The molecule has 3 heteroatoms. The zero-order valence-corrected chi connectivity index (χ0v) is 12.2. The van der Waals surface area contributed by atoms with Gasteiger partial charge in [-0.1, -0.05) is 60.7 Å². The van der Waals surface area contributed by atoms with Crippen molar-refractivity contribution in [3.8, 4) is 0 Å². The Morgan fingerprint density at radius 2 is 1.52 bits per heavy atom. The van der Waals surface area contributed by atoms with Crippen LogP contribution in [0.5, 0.6) is 0 Å². The average molecular weight is 280 g/mol. The van der Waals surface area contributed by atoms with E-state index >= 15 is 0 Å². The van der Waals surface area contributed by atoms with Gasteiger partial charge in [0.25, 0.3) is 0 Å². The van der Waals surface area contributed by atoms with E-state index in [1.807, 2.05) is 48.3 Å². The summed E-state index contributed by atoms with van der Waals surface area (Å²) in [4.78, 5) is 14.6. The Balaban J connectivity index is 2.00. The van der Waals surface area contributed by atoms with Crippen LogP contribution in [0.25, 0.3) is 0 Å². The van der Waals surface area contributed by atoms with E-state index in [0.717, 1.165) is 24.1 Å². The molecule has 0 aromatic heterocycles. The largest absolute Gasteiger partial charge is 0.330 e. The molecule has 0 aliphatic carbocycles. The summed E-state index contributed by atoms with van der Waals surface area (Å²) >= 11 is 0. The number of nitrogens with zero attached hydrogens (tertiary/aromatic N) is 1. The van der Waals surface area contributed by atoms with Crippen LogP contribution in [0.15, 0.2) is 60.7 Å². The molecule has 3 rings (SSSR count). The predicted octanol–water partition coefficient (Wildman–Crippen LogP) is 2.60. The van der Waals surface area contributed by atoms with Gasteiger partial charge in [-0.2, -0.15) is 0 Å². The second-order valence-electron chi connectivity index (χ2n) is 5.39. The van der Waals surface area contributed by atoms with Gasteiger partial charge in [0.1, 0.15) is 0 Å². The molecule has 1 unspecified atom stereocenters. The monoisotopic (exact) mass is 280 g/mol. The lowest BCUT2D eigenvalue weighted by Gasteiger charge is -2.29. The lowest BCUT2D eigenvalue weighted by molar-refractivity contribution is -0.130. The molecular formula is C18H20N2O. The zero-order valence-electron chi connectivity index (χ0n) is 12.2. The van der Waals surface area contributed by atoms with Crippen molar-refractivity contribution in [1.29, 1.82) is 0 Å². The minimum Gasteiger partial charge on any atom is -0.330 e. The van der Waals surface area contributed by atoms with Crippen molar-refractivity contribution in [2.75, 3.05) is 13.6 Å². The highest BCUT2D eigenvalue weighted by Gasteiger charge is 2.36. The molecular weight excluding hydrogens is 260 g/mol. The van der Waals surface area contributed by atoms with Crippen molar-refractivity contribution < 1.29 is 4.79 Å². The van der Waals surface area contributed by atoms with Gasteiger partial charge < -0.3 is 10.2 Å². The summed E-state index contributed by atoms with van der Waals surface area (Å²) in [5.41, 5.74) is 2.32. The Morgan fingerprint density at radius 3 is 1.95 bits per heavy atom. The van der Waals surface area contributed by atoms with Gasteiger partial charge in [-0.05, 0) is 24.6 Å². The van der Waals surface area contributed by atoms with Crippen LogP contribution in [0.2, 0.25) is 0 Å². The van der Waals surface area contributed by atoms with Crippen LogP contribution in [-0.4, -0.2) is 30.4 Å². The van der Waals surface area contributed by atoms with Crippen molar-refractivity contribution in [3.05, 3.63) is 71.8 Å². The van der Waals surface area contributed by atoms with Crippen LogP contribution in [-0.2, 0) is 4.79 Å². The van der Waals surface area contributed by atoms with Gasteiger partial charge in [-0.15, -0.1) is 0 Å². The summed E-state index contributed by atoms with van der Waals surface area (Å²) in [5, 5.41) is 3.11. The topological polar surface area (TPSA) is 32.3 Å². The van der Waals surface area contributed by atoms with Gasteiger partial charge >= 0.3 is 0 Å². The smallest absolute Gasteiger partial charge is 0.240 e. The second-order valence-corrected chi connectivity index (χ2v) is 5.39. The highest BCUT2D eigenvalue weighted by Crippen LogP contribution is 2.32. The molecule has 1 atom stereocenters. The van der Waals surface area contributed by atoms with Crippen molar-refractivity contribution in [1.82, 2.24) is 10.2 Å². The summed E-state index contributed by atoms with van der Waals surface area (Å²) in [6, 6.07) is 20.5. The first-order valence-corrected chi connectivity index (χ1v) is 7.39. The predicted molar refractivity (Wildman–Crippen MR) is 83.9 cm³/mol. The van der Waals surface area contributed by atoms with E-state index in [1.165, 1.54) is 0 Å². The maximum atomic E-state index is 12.6. The number of hydrogen-bond acceptors (Lipinski definition) is 2. The first kappa shape index (κ1) is 13.8. The number of amides is 1. The van der Waals surface area contributed by atoms with Gasteiger partial charge in [-0.3, -0.25) is 4.79 Å². The zero-order chi connectivity index (χ0) is 14.7. The summed E-state index contributed by atoms with van der Waals surface area (Å²) < 4.78 is 0. The highest BCUT2D eigenvalue weighted by atomic mass is 16.2. The van der Waals surface area contributed by atoms with E-state index in [9.17, 15) is 4.79 Å². The van der Waals surface area contributed by atoms with Crippen LogP contribution in [0, 0.1) is 0 Å². The molecule has 1 aliphatic heterocycles. The van der Waals surface area contributed by atoms with E-state index < -0.39 is 0 Å². The normalized spacial score (nSPS) is 18.5. The molecule has 1 heterocycles. The van der Waals surface area contributed by atoms with E-state index in [2.05, 4.69) is 29.6 Å². The number of likely N-dealkylation sites (N-methyl/N-ethyl adjacent to an activating group) is 1. The Hall–Kier alpha value is -2.13. The number of benzene rings is 2.